The van der Waals surface area contributed by atoms with Gasteiger partial charge in [-0.1, -0.05) is 62.6 Å². The predicted molar refractivity (Wildman–Crippen MR) is 135 cm³/mol. The van der Waals surface area contributed by atoms with Crippen molar-refractivity contribution < 1.29 is 14.7 Å². The van der Waals surface area contributed by atoms with Crippen molar-refractivity contribution in [3.8, 4) is 0 Å². The molecule has 6 nitrogen and oxygen atoms in total. The van der Waals surface area contributed by atoms with E-state index in [1.54, 1.807) is 35.5 Å². The van der Waals surface area contributed by atoms with E-state index in [0.717, 1.165) is 62.9 Å². The summed E-state index contributed by atoms with van der Waals surface area (Å²) in [6.07, 6.45) is 8.70. The van der Waals surface area contributed by atoms with E-state index in [0.29, 0.717) is 12.1 Å². The molecule has 0 bridgehead atoms. The summed E-state index contributed by atoms with van der Waals surface area (Å²) in [5.74, 6) is -1.33. The Bertz CT molecular complexity index is 978. The Labute approximate surface area is 203 Å². The summed E-state index contributed by atoms with van der Waals surface area (Å²) >= 11 is 0. The molecule has 1 fully saturated rings. The van der Waals surface area contributed by atoms with Crippen molar-refractivity contribution in [3.05, 3.63) is 71.1 Å². The number of aliphatic hydroxyl groups is 1. The van der Waals surface area contributed by atoms with Gasteiger partial charge in [0.25, 0.3) is 11.7 Å². The average molecular weight is 464 g/mol. The Hall–Kier alpha value is -2.99. The summed E-state index contributed by atoms with van der Waals surface area (Å²) < 4.78 is 0. The lowest BCUT2D eigenvalue weighted by Gasteiger charge is -2.27. The van der Waals surface area contributed by atoms with Crippen molar-refractivity contribution in [1.29, 1.82) is 0 Å². The van der Waals surface area contributed by atoms with Gasteiger partial charge < -0.3 is 14.9 Å². The highest BCUT2D eigenvalue weighted by molar-refractivity contribution is 6.46. The summed E-state index contributed by atoms with van der Waals surface area (Å²) in [6.45, 7) is 9.77. The zero-order valence-electron chi connectivity index (χ0n) is 20.7. The quantitative estimate of drug-likeness (QED) is 0.269. The average Bonchev–Trinajstić information content (AvgIpc) is 3.11. The normalized spacial score (nSPS) is 17.6. The van der Waals surface area contributed by atoms with Crippen molar-refractivity contribution in [3.63, 3.8) is 0 Å². The van der Waals surface area contributed by atoms with Crippen molar-refractivity contribution in [2.24, 2.45) is 0 Å². The van der Waals surface area contributed by atoms with Gasteiger partial charge in [-0.3, -0.25) is 14.6 Å². The maximum absolute atomic E-state index is 13.1. The second-order valence-electron chi connectivity index (χ2n) is 9.05. The molecule has 0 spiro atoms. The van der Waals surface area contributed by atoms with Crippen molar-refractivity contribution >= 4 is 17.4 Å². The van der Waals surface area contributed by atoms with Crippen LogP contribution in [0, 0.1) is 6.92 Å². The van der Waals surface area contributed by atoms with Gasteiger partial charge in [0.15, 0.2) is 0 Å². The van der Waals surface area contributed by atoms with Gasteiger partial charge in [-0.25, -0.2) is 0 Å². The number of likely N-dealkylation sites (tertiary alicyclic amines) is 1. The number of aromatic nitrogens is 1. The predicted octanol–water partition coefficient (Wildman–Crippen LogP) is 5.10. The van der Waals surface area contributed by atoms with Crippen LogP contribution in [-0.4, -0.2) is 57.8 Å². The third kappa shape index (κ3) is 6.11. The summed E-state index contributed by atoms with van der Waals surface area (Å²) in [5.41, 5.74) is 2.44. The maximum atomic E-state index is 13.1. The zero-order valence-corrected chi connectivity index (χ0v) is 20.7. The molecule has 182 valence electrons. The molecule has 1 atom stereocenters. The molecule has 1 saturated heterocycles. The fourth-order valence-corrected chi connectivity index (χ4v) is 4.43. The molecule has 1 aromatic heterocycles. The van der Waals surface area contributed by atoms with Gasteiger partial charge in [-0.15, -0.1) is 0 Å². The Morgan fingerprint density at radius 1 is 1.00 bits per heavy atom. The van der Waals surface area contributed by atoms with Crippen LogP contribution in [-0.2, 0) is 9.59 Å². The smallest absolute Gasteiger partial charge is 0.295 e. The third-order valence-corrected chi connectivity index (χ3v) is 6.39. The lowest BCUT2D eigenvalue weighted by Crippen LogP contribution is -2.34. The first-order valence-corrected chi connectivity index (χ1v) is 12.5. The van der Waals surface area contributed by atoms with Crippen molar-refractivity contribution in [2.45, 2.75) is 58.9 Å². The summed E-state index contributed by atoms with van der Waals surface area (Å²) in [4.78, 5) is 34.5. The molecule has 0 saturated carbocycles. The van der Waals surface area contributed by atoms with Crippen LogP contribution in [0.25, 0.3) is 5.76 Å². The molecule has 1 aliphatic heterocycles. The number of carbonyl (C=O) groups is 2. The van der Waals surface area contributed by atoms with Crippen LogP contribution < -0.4 is 0 Å². The van der Waals surface area contributed by atoms with Gasteiger partial charge in [0.2, 0.25) is 0 Å². The van der Waals surface area contributed by atoms with Gasteiger partial charge in [0.05, 0.1) is 11.6 Å². The molecule has 0 aliphatic carbocycles. The molecule has 2 heterocycles. The van der Waals surface area contributed by atoms with E-state index in [1.807, 2.05) is 25.1 Å². The number of Topliss-reactive ketones (excluding diaryl/α,β-unsaturated/α-hetero) is 1. The van der Waals surface area contributed by atoms with Gasteiger partial charge in [-0.2, -0.15) is 0 Å². The molecular formula is C28H37N3O3. The van der Waals surface area contributed by atoms with Crippen LogP contribution in [0.15, 0.2) is 54.4 Å². The second kappa shape index (κ2) is 12.5. The topological polar surface area (TPSA) is 73.7 Å². The highest BCUT2D eigenvalue weighted by Crippen LogP contribution is 2.39. The Morgan fingerprint density at radius 3 is 2.24 bits per heavy atom. The molecule has 34 heavy (non-hydrogen) atoms. The first-order chi connectivity index (χ1) is 16.5. The molecule has 1 N–H and O–H groups in total. The number of hydrogen-bond acceptors (Lipinski definition) is 5. The van der Waals surface area contributed by atoms with Crippen LogP contribution in [0.2, 0.25) is 0 Å². The van der Waals surface area contributed by atoms with E-state index in [2.05, 4.69) is 23.7 Å². The number of nitrogens with zero attached hydrogens (tertiary/aromatic N) is 3. The number of benzene rings is 1. The molecule has 6 heteroatoms. The van der Waals surface area contributed by atoms with Crippen molar-refractivity contribution in [1.82, 2.24) is 14.8 Å². The van der Waals surface area contributed by atoms with Crippen molar-refractivity contribution in [2.75, 3.05) is 26.2 Å². The van der Waals surface area contributed by atoms with Crippen LogP contribution in [0.4, 0.5) is 0 Å². The monoisotopic (exact) mass is 463 g/mol. The zero-order chi connectivity index (χ0) is 24.5. The number of unbranched alkanes of at least 4 members (excludes halogenated alkanes) is 2. The molecule has 2 aromatic rings. The van der Waals surface area contributed by atoms with Gasteiger partial charge in [-0.05, 0) is 57.5 Å². The fourth-order valence-electron chi connectivity index (χ4n) is 4.43. The minimum absolute atomic E-state index is 0.135. The Balaban J connectivity index is 1.87. The number of rotatable bonds is 12. The summed E-state index contributed by atoms with van der Waals surface area (Å²) in [7, 11) is 0. The molecule has 1 unspecified atom stereocenters. The van der Waals surface area contributed by atoms with E-state index >= 15 is 0 Å². The first kappa shape index (κ1) is 25.6. The van der Waals surface area contributed by atoms with E-state index in [1.165, 1.54) is 0 Å². The molecule has 1 aromatic carbocycles. The largest absolute Gasteiger partial charge is 0.507 e. The van der Waals surface area contributed by atoms with E-state index in [-0.39, 0.29) is 11.3 Å². The van der Waals surface area contributed by atoms with Gasteiger partial charge in [0, 0.05) is 24.5 Å². The third-order valence-electron chi connectivity index (χ3n) is 6.39. The number of hydrogen-bond donors (Lipinski definition) is 1. The van der Waals surface area contributed by atoms with Crippen LogP contribution >= 0.6 is 0 Å². The number of aryl methyl sites for hydroxylation is 1. The summed E-state index contributed by atoms with van der Waals surface area (Å²) in [5, 5.41) is 11.1. The molecular weight excluding hydrogens is 426 g/mol. The lowest BCUT2D eigenvalue weighted by molar-refractivity contribution is -0.140. The summed E-state index contributed by atoms with van der Waals surface area (Å²) in [6, 6.07) is 10.3. The molecule has 3 rings (SSSR count). The number of aliphatic hydroxyl groups excluding tert-OH is 1. The highest BCUT2D eigenvalue weighted by atomic mass is 16.3. The lowest BCUT2D eigenvalue weighted by atomic mass is 9.96. The molecule has 1 amide bonds. The fraction of sp³-hybridized carbons (Fsp3) is 0.464. The standard InChI is InChI=1S/C28H37N3O3/c1-4-6-16-30(17-7-5-2)18-9-19-31-25(23-10-8-15-29-20-23)24(27(33)28(31)34)26(32)22-13-11-21(3)12-14-22/h8,10-15,20,25,32H,4-7,9,16-19H2,1-3H3/b26-24+. The SMILES string of the molecule is CCCCN(CCCC)CCCN1C(=O)C(=O)/C(=C(/O)c2ccc(C)cc2)C1c1cccnc1. The van der Waals surface area contributed by atoms with Gasteiger partial charge in [0.1, 0.15) is 5.76 Å². The maximum Gasteiger partial charge on any atom is 0.295 e. The first-order valence-electron chi connectivity index (χ1n) is 12.5. The number of pyridine rings is 1. The van der Waals surface area contributed by atoms with E-state index in [9.17, 15) is 14.7 Å². The van der Waals surface area contributed by atoms with Gasteiger partial charge >= 0.3 is 0 Å². The number of carbonyl (C=O) groups excluding carboxylic acids is 2. The van der Waals surface area contributed by atoms with Crippen LogP contribution in [0.1, 0.15) is 68.7 Å². The Kier molecular flexibility index (Phi) is 9.40. The number of ketones is 1. The minimum atomic E-state index is -0.644. The van der Waals surface area contributed by atoms with E-state index in [4.69, 9.17) is 0 Å². The minimum Gasteiger partial charge on any atom is -0.507 e. The van der Waals surface area contributed by atoms with Crippen LogP contribution in [0.5, 0.6) is 0 Å². The highest BCUT2D eigenvalue weighted by Gasteiger charge is 2.45. The van der Waals surface area contributed by atoms with Crippen LogP contribution in [0.3, 0.4) is 0 Å². The second-order valence-corrected chi connectivity index (χ2v) is 9.05. The molecule has 0 radical (unpaired) electrons. The number of amides is 1. The Morgan fingerprint density at radius 2 is 1.65 bits per heavy atom. The van der Waals surface area contributed by atoms with E-state index < -0.39 is 17.7 Å². The molecule has 1 aliphatic rings.